The number of rotatable bonds is 6. The van der Waals surface area contributed by atoms with Crippen molar-refractivity contribution in [1.82, 2.24) is 9.80 Å². The van der Waals surface area contributed by atoms with Gasteiger partial charge in [-0.1, -0.05) is 74.5 Å². The minimum Gasteiger partial charge on any atom is -0.339 e. The van der Waals surface area contributed by atoms with Crippen LogP contribution < -0.4 is 5.73 Å². The van der Waals surface area contributed by atoms with E-state index in [1.165, 1.54) is 11.1 Å². The minimum atomic E-state index is -0.379. The van der Waals surface area contributed by atoms with Gasteiger partial charge in [0.15, 0.2) is 0 Å². The fourth-order valence-corrected chi connectivity index (χ4v) is 3.93. The molecule has 27 heavy (non-hydrogen) atoms. The van der Waals surface area contributed by atoms with Gasteiger partial charge >= 0.3 is 0 Å². The molecule has 0 saturated carbocycles. The first-order chi connectivity index (χ1) is 13.1. The molecule has 1 aliphatic heterocycles. The van der Waals surface area contributed by atoms with Crippen LogP contribution in [0.2, 0.25) is 0 Å². The number of carbonyl (C=O) groups is 1. The van der Waals surface area contributed by atoms with E-state index in [-0.39, 0.29) is 18.0 Å². The second-order valence-electron chi connectivity index (χ2n) is 7.82. The summed E-state index contributed by atoms with van der Waals surface area (Å²) in [5.74, 6) is 0.533. The highest BCUT2D eigenvalue weighted by molar-refractivity contribution is 5.81. The van der Waals surface area contributed by atoms with Crippen LogP contribution in [0.4, 0.5) is 0 Å². The van der Waals surface area contributed by atoms with Crippen LogP contribution in [0.15, 0.2) is 60.7 Å². The molecule has 1 aliphatic rings. The van der Waals surface area contributed by atoms with Crippen molar-refractivity contribution in [1.29, 1.82) is 0 Å². The molecule has 0 radical (unpaired) electrons. The topological polar surface area (TPSA) is 49.6 Å². The van der Waals surface area contributed by atoms with Gasteiger partial charge in [-0.25, -0.2) is 0 Å². The lowest BCUT2D eigenvalue weighted by Crippen LogP contribution is -2.54. The fraction of sp³-hybridized carbons (Fsp3) is 0.435. The molecule has 2 N–H and O–H groups in total. The maximum absolute atomic E-state index is 12.6. The number of piperazine rings is 1. The molecule has 1 amide bonds. The van der Waals surface area contributed by atoms with E-state index in [0.29, 0.717) is 5.92 Å². The standard InChI is InChI=1S/C23H31N3O/c1-18(2)17-21(24)23(27)26-15-13-25(14-16-26)22(19-9-5-3-6-10-19)20-11-7-4-8-12-20/h3-12,18,21-22H,13-17,24H2,1-2H3/t21-/m1/s1. The van der Waals surface area contributed by atoms with E-state index < -0.39 is 0 Å². The van der Waals surface area contributed by atoms with Gasteiger partial charge in [-0.15, -0.1) is 0 Å². The summed E-state index contributed by atoms with van der Waals surface area (Å²) in [5.41, 5.74) is 8.70. The molecule has 0 spiro atoms. The summed E-state index contributed by atoms with van der Waals surface area (Å²) >= 11 is 0. The number of nitrogens with zero attached hydrogens (tertiary/aromatic N) is 2. The lowest BCUT2D eigenvalue weighted by Gasteiger charge is -2.40. The highest BCUT2D eigenvalue weighted by atomic mass is 16.2. The van der Waals surface area contributed by atoms with Crippen LogP contribution in [0, 0.1) is 5.92 Å². The second kappa shape index (κ2) is 9.16. The van der Waals surface area contributed by atoms with Crippen LogP contribution in [0.25, 0.3) is 0 Å². The third-order valence-electron chi connectivity index (χ3n) is 5.26. The molecule has 0 bridgehead atoms. The van der Waals surface area contributed by atoms with E-state index >= 15 is 0 Å². The first kappa shape index (κ1) is 19.6. The Labute approximate surface area is 163 Å². The van der Waals surface area contributed by atoms with Crippen LogP contribution in [-0.4, -0.2) is 47.9 Å². The van der Waals surface area contributed by atoms with Crippen molar-refractivity contribution in [2.75, 3.05) is 26.2 Å². The monoisotopic (exact) mass is 365 g/mol. The van der Waals surface area contributed by atoms with Gasteiger partial charge in [0.05, 0.1) is 12.1 Å². The number of amides is 1. The summed E-state index contributed by atoms with van der Waals surface area (Å²) in [4.78, 5) is 17.0. The van der Waals surface area contributed by atoms with Crippen LogP contribution in [-0.2, 0) is 4.79 Å². The molecule has 4 nitrogen and oxygen atoms in total. The van der Waals surface area contributed by atoms with Crippen LogP contribution in [0.3, 0.4) is 0 Å². The Balaban J connectivity index is 1.71. The summed E-state index contributed by atoms with van der Waals surface area (Å²) < 4.78 is 0. The van der Waals surface area contributed by atoms with Gasteiger partial charge in [0.25, 0.3) is 0 Å². The van der Waals surface area contributed by atoms with Gasteiger partial charge < -0.3 is 10.6 Å². The zero-order valence-electron chi connectivity index (χ0n) is 16.4. The smallest absolute Gasteiger partial charge is 0.239 e. The lowest BCUT2D eigenvalue weighted by molar-refractivity contribution is -0.135. The Morgan fingerprint density at radius 3 is 1.81 bits per heavy atom. The predicted octanol–water partition coefficient (Wildman–Crippen LogP) is 3.29. The number of carbonyl (C=O) groups excluding carboxylic acids is 1. The van der Waals surface area contributed by atoms with Gasteiger partial charge in [0.1, 0.15) is 0 Å². The van der Waals surface area contributed by atoms with E-state index in [1.807, 2.05) is 4.90 Å². The van der Waals surface area contributed by atoms with E-state index in [4.69, 9.17) is 5.73 Å². The average molecular weight is 366 g/mol. The zero-order valence-corrected chi connectivity index (χ0v) is 16.4. The third kappa shape index (κ3) is 4.96. The maximum Gasteiger partial charge on any atom is 0.239 e. The molecule has 0 aromatic heterocycles. The molecular weight excluding hydrogens is 334 g/mol. The summed E-state index contributed by atoms with van der Waals surface area (Å²) in [6.07, 6.45) is 0.746. The van der Waals surface area contributed by atoms with Crippen molar-refractivity contribution >= 4 is 5.91 Å². The third-order valence-corrected chi connectivity index (χ3v) is 5.26. The molecule has 4 heteroatoms. The Morgan fingerprint density at radius 2 is 1.37 bits per heavy atom. The lowest BCUT2D eigenvalue weighted by atomic mass is 9.96. The van der Waals surface area contributed by atoms with E-state index in [9.17, 15) is 4.79 Å². The molecule has 0 unspecified atom stereocenters. The number of benzene rings is 2. The molecule has 1 atom stereocenters. The van der Waals surface area contributed by atoms with Crippen molar-refractivity contribution < 1.29 is 4.79 Å². The van der Waals surface area contributed by atoms with Crippen molar-refractivity contribution in [3.8, 4) is 0 Å². The summed E-state index contributed by atoms with van der Waals surface area (Å²) in [6.45, 7) is 7.40. The quantitative estimate of drug-likeness (QED) is 0.854. The van der Waals surface area contributed by atoms with Crippen molar-refractivity contribution in [3.05, 3.63) is 71.8 Å². The van der Waals surface area contributed by atoms with Crippen LogP contribution in [0.1, 0.15) is 37.4 Å². The Morgan fingerprint density at radius 1 is 0.889 bits per heavy atom. The van der Waals surface area contributed by atoms with E-state index in [0.717, 1.165) is 32.6 Å². The first-order valence-corrected chi connectivity index (χ1v) is 9.94. The molecular formula is C23H31N3O. The first-order valence-electron chi connectivity index (χ1n) is 9.94. The van der Waals surface area contributed by atoms with Crippen molar-refractivity contribution in [3.63, 3.8) is 0 Å². The number of hydrogen-bond acceptors (Lipinski definition) is 3. The number of nitrogens with two attached hydrogens (primary N) is 1. The molecule has 144 valence electrons. The van der Waals surface area contributed by atoms with Crippen LogP contribution >= 0.6 is 0 Å². The average Bonchev–Trinajstić information content (AvgIpc) is 2.69. The molecule has 1 heterocycles. The van der Waals surface area contributed by atoms with E-state index in [1.54, 1.807) is 0 Å². The summed E-state index contributed by atoms with van der Waals surface area (Å²) in [7, 11) is 0. The molecule has 1 fully saturated rings. The maximum atomic E-state index is 12.6. The molecule has 3 rings (SSSR count). The summed E-state index contributed by atoms with van der Waals surface area (Å²) in [5, 5.41) is 0. The van der Waals surface area contributed by atoms with Gasteiger partial charge in [-0.3, -0.25) is 9.69 Å². The van der Waals surface area contributed by atoms with Crippen LogP contribution in [0.5, 0.6) is 0 Å². The molecule has 1 saturated heterocycles. The minimum absolute atomic E-state index is 0.0966. The van der Waals surface area contributed by atoms with Gasteiger partial charge in [0, 0.05) is 26.2 Å². The van der Waals surface area contributed by atoms with Crippen molar-refractivity contribution in [2.45, 2.75) is 32.4 Å². The Hall–Kier alpha value is -2.17. The van der Waals surface area contributed by atoms with Crippen molar-refractivity contribution in [2.24, 2.45) is 11.7 Å². The van der Waals surface area contributed by atoms with E-state index in [2.05, 4.69) is 79.4 Å². The highest BCUT2D eigenvalue weighted by Crippen LogP contribution is 2.29. The normalized spacial score (nSPS) is 16.7. The second-order valence-corrected chi connectivity index (χ2v) is 7.82. The Bertz CT molecular complexity index is 669. The molecule has 2 aromatic carbocycles. The van der Waals surface area contributed by atoms with Gasteiger partial charge in [-0.05, 0) is 23.5 Å². The molecule has 0 aliphatic carbocycles. The van der Waals surface area contributed by atoms with Gasteiger partial charge in [0.2, 0.25) is 5.91 Å². The summed E-state index contributed by atoms with van der Waals surface area (Å²) in [6, 6.07) is 21.1. The fourth-order valence-electron chi connectivity index (χ4n) is 3.93. The number of hydrogen-bond donors (Lipinski definition) is 1. The predicted molar refractivity (Wildman–Crippen MR) is 110 cm³/mol. The highest BCUT2D eigenvalue weighted by Gasteiger charge is 2.30. The molecule has 2 aromatic rings. The SMILES string of the molecule is CC(C)C[C@@H](N)C(=O)N1CCN(C(c2ccccc2)c2ccccc2)CC1. The zero-order chi connectivity index (χ0) is 19.2. The Kier molecular flexibility index (Phi) is 6.64. The van der Waals surface area contributed by atoms with Gasteiger partial charge in [-0.2, -0.15) is 0 Å². The largest absolute Gasteiger partial charge is 0.339 e.